The number of piperazine rings is 1. The third-order valence-electron chi connectivity index (χ3n) is 8.52. The number of carbonyl (C=O) groups is 1. The molecule has 4 heterocycles. The number of fused-ring (bicyclic) bond motifs is 4. The molecule has 0 saturated carbocycles. The average molecular weight is 676 g/mol. The molecule has 2 aliphatic heterocycles. The molecule has 0 aliphatic carbocycles. The molecule has 242 valence electrons. The van der Waals surface area contributed by atoms with Crippen molar-refractivity contribution in [1.82, 2.24) is 24.6 Å². The van der Waals surface area contributed by atoms with E-state index in [0.29, 0.717) is 46.0 Å². The van der Waals surface area contributed by atoms with Crippen LogP contribution in [0.2, 0.25) is 5.02 Å². The summed E-state index contributed by atoms with van der Waals surface area (Å²) in [5.41, 5.74) is 1.01. The quantitative estimate of drug-likeness (QED) is 0.237. The zero-order valence-electron chi connectivity index (χ0n) is 25.6. The maximum absolute atomic E-state index is 16.6. The van der Waals surface area contributed by atoms with Crippen LogP contribution in [0.1, 0.15) is 12.8 Å². The molecule has 2 aromatic heterocycles. The number of ether oxygens (including phenoxy) is 1. The number of carbonyl (C=O) groups excluding carboxylic acids is 1. The molecule has 2 unspecified atom stereocenters. The van der Waals surface area contributed by atoms with Crippen molar-refractivity contribution in [2.45, 2.75) is 29.8 Å². The lowest BCUT2D eigenvalue weighted by Crippen LogP contribution is -2.51. The Kier molecular flexibility index (Phi) is 8.16. The third kappa shape index (κ3) is 5.95. The maximum Gasteiger partial charge on any atom is 0.319 e. The van der Waals surface area contributed by atoms with Gasteiger partial charge >= 0.3 is 6.01 Å². The molecular formula is C33H31ClFN7O4S. The van der Waals surface area contributed by atoms with Gasteiger partial charge in [0.15, 0.2) is 12.4 Å². The number of hydrogen-bond acceptors (Lipinski definition) is 9. The van der Waals surface area contributed by atoms with Crippen LogP contribution in [0.4, 0.5) is 15.9 Å². The van der Waals surface area contributed by atoms with E-state index < -0.39 is 28.4 Å². The van der Waals surface area contributed by atoms with Crippen LogP contribution in [0.15, 0.2) is 71.8 Å². The van der Waals surface area contributed by atoms with E-state index in [2.05, 4.69) is 30.5 Å². The number of sulfonamides is 1. The zero-order chi connectivity index (χ0) is 32.9. The van der Waals surface area contributed by atoms with E-state index in [1.807, 2.05) is 24.3 Å². The summed E-state index contributed by atoms with van der Waals surface area (Å²) in [6.45, 7) is 0.878. The molecular weight excluding hydrogens is 645 g/mol. The summed E-state index contributed by atoms with van der Waals surface area (Å²) in [6.07, 6.45) is 3.65. The van der Waals surface area contributed by atoms with E-state index in [1.54, 1.807) is 18.3 Å². The zero-order valence-corrected chi connectivity index (χ0v) is 27.1. The number of rotatable bonds is 8. The Balaban J connectivity index is 1.21. The second-order valence-electron chi connectivity index (χ2n) is 11.8. The minimum Gasteiger partial charge on any atom is -0.453 e. The first-order valence-corrected chi connectivity index (χ1v) is 16.9. The molecule has 1 amide bonds. The van der Waals surface area contributed by atoms with Crippen molar-refractivity contribution in [3.8, 4) is 17.3 Å². The molecule has 7 rings (SSSR count). The number of hydrogen-bond donors (Lipinski definition) is 2. The van der Waals surface area contributed by atoms with Crippen LogP contribution in [0, 0.1) is 5.82 Å². The molecule has 2 N–H and O–H groups in total. The van der Waals surface area contributed by atoms with Gasteiger partial charge in [0, 0.05) is 67.1 Å². The molecule has 14 heteroatoms. The minimum absolute atomic E-state index is 0.0167. The standard InChI is InChI=1S/C33H31ClFN7O4S/c1-41(2)47(44,45)23-13-11-20(12-14-23)38-27(43)18-46-33-39-31-25(32(40-33)42-16-21-9-10-22(17-42)37-21)15-36-30(29(31)35)24-7-3-5-19-6-4-8-26(34)28(19)24/h3-8,11-15,21-22,37H,9-10,16-18H2,1-2H3,(H,38,43). The van der Waals surface area contributed by atoms with Crippen LogP contribution < -0.4 is 20.3 Å². The van der Waals surface area contributed by atoms with Crippen molar-refractivity contribution in [2.24, 2.45) is 0 Å². The first-order valence-electron chi connectivity index (χ1n) is 15.1. The normalized spacial score (nSPS) is 17.9. The number of aromatic nitrogens is 3. The lowest BCUT2D eigenvalue weighted by molar-refractivity contribution is -0.118. The van der Waals surface area contributed by atoms with E-state index in [9.17, 15) is 13.2 Å². The Morgan fingerprint density at radius 2 is 1.77 bits per heavy atom. The van der Waals surface area contributed by atoms with Gasteiger partial charge in [-0.1, -0.05) is 41.9 Å². The summed E-state index contributed by atoms with van der Waals surface area (Å²) < 4.78 is 48.1. The van der Waals surface area contributed by atoms with Gasteiger partial charge in [-0.05, 0) is 48.6 Å². The number of pyridine rings is 1. The van der Waals surface area contributed by atoms with E-state index >= 15 is 4.39 Å². The molecule has 2 aliphatic rings. The highest BCUT2D eigenvalue weighted by Crippen LogP contribution is 2.38. The highest BCUT2D eigenvalue weighted by Gasteiger charge is 2.34. The van der Waals surface area contributed by atoms with Gasteiger partial charge in [0.25, 0.3) is 5.91 Å². The topological polar surface area (TPSA) is 130 Å². The molecule has 3 aromatic carbocycles. The largest absolute Gasteiger partial charge is 0.453 e. The number of amides is 1. The second-order valence-corrected chi connectivity index (χ2v) is 14.4. The lowest BCUT2D eigenvalue weighted by Gasteiger charge is -2.34. The molecule has 2 fully saturated rings. The smallest absolute Gasteiger partial charge is 0.319 e. The summed E-state index contributed by atoms with van der Waals surface area (Å²) in [4.78, 5) is 28.7. The van der Waals surface area contributed by atoms with Crippen molar-refractivity contribution < 1.29 is 22.3 Å². The third-order valence-corrected chi connectivity index (χ3v) is 10.7. The van der Waals surface area contributed by atoms with Crippen LogP contribution in [-0.4, -0.2) is 79.5 Å². The molecule has 2 bridgehead atoms. The summed E-state index contributed by atoms with van der Waals surface area (Å²) in [6, 6.07) is 17.2. The van der Waals surface area contributed by atoms with Crippen molar-refractivity contribution in [1.29, 1.82) is 0 Å². The molecule has 5 aromatic rings. The first-order chi connectivity index (χ1) is 22.6. The van der Waals surface area contributed by atoms with Crippen molar-refractivity contribution >= 4 is 60.7 Å². The molecule has 2 atom stereocenters. The summed E-state index contributed by atoms with van der Waals surface area (Å²) in [5.74, 6) is -0.700. The van der Waals surface area contributed by atoms with Gasteiger partial charge in [-0.3, -0.25) is 9.78 Å². The van der Waals surface area contributed by atoms with Gasteiger partial charge in [0.2, 0.25) is 10.0 Å². The fourth-order valence-electron chi connectivity index (χ4n) is 6.23. The highest BCUT2D eigenvalue weighted by atomic mass is 35.5. The second kappa shape index (κ2) is 12.3. The molecule has 11 nitrogen and oxygen atoms in total. The Labute approximate surface area is 275 Å². The van der Waals surface area contributed by atoms with Crippen molar-refractivity contribution in [2.75, 3.05) is 44.0 Å². The Morgan fingerprint density at radius 1 is 1.06 bits per heavy atom. The summed E-state index contributed by atoms with van der Waals surface area (Å²) >= 11 is 6.56. The summed E-state index contributed by atoms with van der Waals surface area (Å²) in [5, 5.41) is 8.70. The number of anilines is 2. The van der Waals surface area contributed by atoms with Gasteiger partial charge < -0.3 is 20.3 Å². The first kappa shape index (κ1) is 31.2. The van der Waals surface area contributed by atoms with Gasteiger partial charge in [0.05, 0.1) is 10.3 Å². The van der Waals surface area contributed by atoms with E-state index in [1.165, 1.54) is 38.4 Å². The van der Waals surface area contributed by atoms with Crippen LogP contribution in [0.25, 0.3) is 32.9 Å². The van der Waals surface area contributed by atoms with E-state index in [-0.39, 0.29) is 34.2 Å². The maximum atomic E-state index is 16.6. The SMILES string of the molecule is CN(C)S(=O)(=O)c1ccc(NC(=O)COc2nc(N3CC4CCC(C3)N4)c3cnc(-c4cccc5cccc(Cl)c45)c(F)c3n2)cc1. The highest BCUT2D eigenvalue weighted by molar-refractivity contribution is 7.89. The van der Waals surface area contributed by atoms with E-state index in [4.69, 9.17) is 16.3 Å². The van der Waals surface area contributed by atoms with Crippen LogP contribution >= 0.6 is 11.6 Å². The van der Waals surface area contributed by atoms with Crippen molar-refractivity contribution in [3.05, 3.63) is 77.7 Å². The Hall–Kier alpha value is -4.43. The Morgan fingerprint density at radius 3 is 2.47 bits per heavy atom. The molecule has 0 spiro atoms. The van der Waals surface area contributed by atoms with Gasteiger partial charge in [-0.2, -0.15) is 9.97 Å². The molecule has 2 saturated heterocycles. The average Bonchev–Trinajstić information content (AvgIpc) is 3.40. The van der Waals surface area contributed by atoms with Crippen LogP contribution in [0.3, 0.4) is 0 Å². The van der Waals surface area contributed by atoms with Gasteiger partial charge in [0.1, 0.15) is 17.0 Å². The predicted octanol–water partition coefficient (Wildman–Crippen LogP) is 4.85. The minimum atomic E-state index is -3.61. The van der Waals surface area contributed by atoms with E-state index in [0.717, 1.165) is 22.5 Å². The van der Waals surface area contributed by atoms with Crippen LogP contribution in [0.5, 0.6) is 6.01 Å². The molecule has 47 heavy (non-hydrogen) atoms. The molecule has 0 radical (unpaired) electrons. The monoisotopic (exact) mass is 675 g/mol. The fourth-order valence-corrected chi connectivity index (χ4v) is 7.41. The lowest BCUT2D eigenvalue weighted by atomic mass is 10.0. The van der Waals surface area contributed by atoms with Gasteiger partial charge in [-0.15, -0.1) is 0 Å². The number of halogens is 2. The number of nitrogens with zero attached hydrogens (tertiary/aromatic N) is 5. The predicted molar refractivity (Wildman–Crippen MR) is 179 cm³/mol. The van der Waals surface area contributed by atoms with Crippen LogP contribution in [-0.2, 0) is 14.8 Å². The fraction of sp³-hybridized carbons (Fsp3) is 0.273. The Bertz CT molecular complexity index is 2120. The number of benzene rings is 3. The van der Waals surface area contributed by atoms with Gasteiger partial charge in [-0.25, -0.2) is 17.1 Å². The summed E-state index contributed by atoms with van der Waals surface area (Å²) in [7, 11) is -0.727. The van der Waals surface area contributed by atoms with Crippen molar-refractivity contribution in [3.63, 3.8) is 0 Å². The number of nitrogens with one attached hydrogen (secondary N) is 2.